The highest BCUT2D eigenvalue weighted by Gasteiger charge is 2.30. The van der Waals surface area contributed by atoms with Gasteiger partial charge in [-0.15, -0.1) is 0 Å². The maximum absolute atomic E-state index is 12.9. The van der Waals surface area contributed by atoms with Crippen LogP contribution in [0.4, 0.5) is 13.2 Å². The average Bonchev–Trinajstić information content (AvgIpc) is 3.18. The molecule has 0 amide bonds. The summed E-state index contributed by atoms with van der Waals surface area (Å²) in [6, 6.07) is 12.8. The molecule has 6 heteroatoms. The molecule has 0 aliphatic heterocycles. The van der Waals surface area contributed by atoms with E-state index in [0.29, 0.717) is 18.2 Å². The van der Waals surface area contributed by atoms with Crippen LogP contribution in [0.3, 0.4) is 0 Å². The summed E-state index contributed by atoms with van der Waals surface area (Å²) in [4.78, 5) is 4.83. The molecule has 1 aromatic heterocycles. The summed E-state index contributed by atoms with van der Waals surface area (Å²) in [5.41, 5.74) is 1.93. The van der Waals surface area contributed by atoms with E-state index in [1.165, 1.54) is 18.6 Å². The number of ether oxygens (including phenoxy) is 1. The van der Waals surface area contributed by atoms with E-state index in [9.17, 15) is 13.2 Å². The van der Waals surface area contributed by atoms with E-state index in [2.05, 4.69) is 0 Å². The molecule has 2 aromatic carbocycles. The monoisotopic (exact) mass is 415 g/mol. The minimum Gasteiger partial charge on any atom is -0.497 e. The van der Waals surface area contributed by atoms with Crippen molar-refractivity contribution in [3.05, 3.63) is 71.1 Å². The molecule has 0 spiro atoms. The minimum absolute atomic E-state index is 0.332. The molecule has 1 aliphatic carbocycles. The third-order valence-electron chi connectivity index (χ3n) is 5.70. The highest BCUT2D eigenvalue weighted by molar-refractivity contribution is 5.55. The number of methoxy groups -OCH3 is 1. The van der Waals surface area contributed by atoms with Crippen LogP contribution in [0.25, 0.3) is 11.5 Å². The summed E-state index contributed by atoms with van der Waals surface area (Å²) in [7, 11) is 1.61. The van der Waals surface area contributed by atoms with Crippen molar-refractivity contribution < 1.29 is 22.3 Å². The van der Waals surface area contributed by atoms with Crippen molar-refractivity contribution in [3.8, 4) is 17.2 Å². The predicted octanol–water partition coefficient (Wildman–Crippen LogP) is 7.01. The Kier molecular flexibility index (Phi) is 5.84. The van der Waals surface area contributed by atoms with Gasteiger partial charge in [-0.1, -0.05) is 31.4 Å². The summed E-state index contributed by atoms with van der Waals surface area (Å²) in [5.74, 6) is 2.37. The fraction of sp³-hybridized carbons (Fsp3) is 0.375. The second-order valence-electron chi connectivity index (χ2n) is 7.76. The molecule has 0 N–H and O–H groups in total. The number of alkyl halides is 3. The average molecular weight is 415 g/mol. The van der Waals surface area contributed by atoms with Crippen molar-refractivity contribution >= 4 is 0 Å². The first kappa shape index (κ1) is 20.5. The van der Waals surface area contributed by atoms with Crippen LogP contribution >= 0.6 is 0 Å². The van der Waals surface area contributed by atoms with Gasteiger partial charge in [-0.2, -0.15) is 13.2 Å². The van der Waals surface area contributed by atoms with E-state index < -0.39 is 11.7 Å². The summed E-state index contributed by atoms with van der Waals surface area (Å²) in [6.07, 6.45) is 1.77. The molecule has 3 aromatic rings. The molecule has 0 bridgehead atoms. The summed E-state index contributed by atoms with van der Waals surface area (Å²) >= 11 is 0. The number of rotatable bonds is 5. The first-order valence-electron chi connectivity index (χ1n) is 10.2. The Balaban J connectivity index is 1.65. The van der Waals surface area contributed by atoms with Crippen molar-refractivity contribution in [1.29, 1.82) is 0 Å². The number of aromatic nitrogens is 1. The van der Waals surface area contributed by atoms with E-state index in [1.807, 2.05) is 24.3 Å². The van der Waals surface area contributed by atoms with E-state index in [-0.39, 0.29) is 0 Å². The Morgan fingerprint density at radius 1 is 0.967 bits per heavy atom. The molecule has 0 saturated heterocycles. The molecule has 1 heterocycles. The Labute approximate surface area is 173 Å². The summed E-state index contributed by atoms with van der Waals surface area (Å²) < 4.78 is 49.9. The van der Waals surface area contributed by atoms with Gasteiger partial charge in [0.2, 0.25) is 5.89 Å². The molecular formula is C24H24F3NO2. The van der Waals surface area contributed by atoms with Gasteiger partial charge in [0.25, 0.3) is 0 Å². The van der Waals surface area contributed by atoms with E-state index in [1.54, 1.807) is 7.11 Å². The zero-order valence-electron chi connectivity index (χ0n) is 16.8. The van der Waals surface area contributed by atoms with Crippen molar-refractivity contribution in [2.24, 2.45) is 0 Å². The van der Waals surface area contributed by atoms with Gasteiger partial charge in [0.1, 0.15) is 11.5 Å². The fourth-order valence-electron chi connectivity index (χ4n) is 4.04. The topological polar surface area (TPSA) is 35.3 Å². The number of nitrogens with zero attached hydrogens (tertiary/aromatic N) is 1. The highest BCUT2D eigenvalue weighted by Crippen LogP contribution is 2.37. The van der Waals surface area contributed by atoms with E-state index in [4.69, 9.17) is 14.1 Å². The van der Waals surface area contributed by atoms with Gasteiger partial charge < -0.3 is 9.15 Å². The zero-order valence-corrected chi connectivity index (χ0v) is 16.8. The number of hydrogen-bond donors (Lipinski definition) is 0. The van der Waals surface area contributed by atoms with Gasteiger partial charge in [0, 0.05) is 17.9 Å². The summed E-state index contributed by atoms with van der Waals surface area (Å²) in [5, 5.41) is 0. The Morgan fingerprint density at radius 2 is 1.63 bits per heavy atom. The van der Waals surface area contributed by atoms with Gasteiger partial charge in [-0.05, 0) is 54.8 Å². The molecule has 30 heavy (non-hydrogen) atoms. The van der Waals surface area contributed by atoms with Gasteiger partial charge in [0.15, 0.2) is 0 Å². The maximum atomic E-state index is 12.9. The van der Waals surface area contributed by atoms with Gasteiger partial charge in [-0.25, -0.2) is 4.98 Å². The fourth-order valence-corrected chi connectivity index (χ4v) is 4.04. The van der Waals surface area contributed by atoms with Crippen LogP contribution in [0, 0.1) is 0 Å². The second kappa shape index (κ2) is 8.54. The van der Waals surface area contributed by atoms with Crippen LogP contribution in [0.2, 0.25) is 0 Å². The molecule has 0 radical (unpaired) electrons. The number of halogens is 3. The molecule has 0 atom stereocenters. The standard InChI is InChI=1S/C24H24F3NO2/c1-29-20-13-9-18(10-14-20)23-28-22(17-5-3-2-4-6-17)21(30-23)15-16-7-11-19(12-8-16)24(25,26)27/h7-14,17H,2-6,15H2,1H3. The Bertz CT molecular complexity index is 969. The van der Waals surface area contributed by atoms with Crippen LogP contribution in [-0.2, 0) is 12.6 Å². The number of benzene rings is 2. The van der Waals surface area contributed by atoms with E-state index >= 15 is 0 Å². The van der Waals surface area contributed by atoms with Crippen LogP contribution in [0.15, 0.2) is 52.9 Å². The predicted molar refractivity (Wildman–Crippen MR) is 109 cm³/mol. The van der Waals surface area contributed by atoms with E-state index in [0.717, 1.165) is 66.1 Å². The van der Waals surface area contributed by atoms with Crippen LogP contribution in [-0.4, -0.2) is 12.1 Å². The molecule has 0 unspecified atom stereocenters. The van der Waals surface area contributed by atoms with Crippen molar-refractivity contribution in [2.75, 3.05) is 7.11 Å². The third kappa shape index (κ3) is 4.53. The van der Waals surface area contributed by atoms with Crippen LogP contribution < -0.4 is 4.74 Å². The Hall–Kier alpha value is -2.76. The van der Waals surface area contributed by atoms with Crippen LogP contribution in [0.5, 0.6) is 5.75 Å². The van der Waals surface area contributed by atoms with Crippen LogP contribution in [0.1, 0.15) is 60.6 Å². The molecule has 158 valence electrons. The van der Waals surface area contributed by atoms with Crippen molar-refractivity contribution in [1.82, 2.24) is 4.98 Å². The smallest absolute Gasteiger partial charge is 0.416 e. The SMILES string of the molecule is COc1ccc(-c2nc(C3CCCCC3)c(Cc3ccc(C(F)(F)F)cc3)o2)cc1. The quantitative estimate of drug-likeness (QED) is 0.450. The molecule has 4 rings (SSSR count). The lowest BCUT2D eigenvalue weighted by Crippen LogP contribution is -2.08. The Morgan fingerprint density at radius 3 is 2.23 bits per heavy atom. The highest BCUT2D eigenvalue weighted by atomic mass is 19.4. The third-order valence-corrected chi connectivity index (χ3v) is 5.70. The molecule has 3 nitrogen and oxygen atoms in total. The molecule has 1 saturated carbocycles. The first-order chi connectivity index (χ1) is 14.4. The minimum atomic E-state index is -4.33. The maximum Gasteiger partial charge on any atom is 0.416 e. The molecule has 1 aliphatic rings. The second-order valence-corrected chi connectivity index (χ2v) is 7.76. The summed E-state index contributed by atoms with van der Waals surface area (Å²) in [6.45, 7) is 0. The lowest BCUT2D eigenvalue weighted by molar-refractivity contribution is -0.137. The number of oxazole rings is 1. The lowest BCUT2D eigenvalue weighted by atomic mass is 9.85. The first-order valence-corrected chi connectivity index (χ1v) is 10.2. The largest absolute Gasteiger partial charge is 0.497 e. The molecule has 1 fully saturated rings. The zero-order chi connectivity index (χ0) is 21.1. The van der Waals surface area contributed by atoms with Gasteiger partial charge in [-0.3, -0.25) is 0 Å². The number of hydrogen-bond acceptors (Lipinski definition) is 3. The normalized spacial score (nSPS) is 15.3. The van der Waals surface area contributed by atoms with Gasteiger partial charge in [0.05, 0.1) is 18.4 Å². The van der Waals surface area contributed by atoms with Crippen molar-refractivity contribution in [2.45, 2.75) is 50.6 Å². The molecular weight excluding hydrogens is 391 g/mol. The van der Waals surface area contributed by atoms with Crippen molar-refractivity contribution in [3.63, 3.8) is 0 Å². The lowest BCUT2D eigenvalue weighted by Gasteiger charge is -2.20. The van der Waals surface area contributed by atoms with Gasteiger partial charge >= 0.3 is 6.18 Å².